The third kappa shape index (κ3) is 3.66. The van der Waals surface area contributed by atoms with Crippen molar-refractivity contribution >= 4 is 29.3 Å². The van der Waals surface area contributed by atoms with Gasteiger partial charge in [0.25, 0.3) is 0 Å². The van der Waals surface area contributed by atoms with Gasteiger partial charge in [-0.3, -0.25) is 19.3 Å². The number of imide groups is 1. The minimum absolute atomic E-state index is 0.0989. The number of carbonyl (C=O) groups is 3. The van der Waals surface area contributed by atoms with Gasteiger partial charge in [-0.25, -0.2) is 0 Å². The predicted octanol–water partition coefficient (Wildman–Crippen LogP) is 0.394. The minimum atomic E-state index is -0.255. The first-order valence-electron chi connectivity index (χ1n) is 4.94. The van der Waals surface area contributed by atoms with Crippen molar-refractivity contribution in [1.29, 1.82) is 0 Å². The number of hydrogen-bond acceptors (Lipinski definition) is 3. The molecule has 1 heterocycles. The van der Waals surface area contributed by atoms with E-state index in [1.165, 1.54) is 0 Å². The van der Waals surface area contributed by atoms with Gasteiger partial charge in [-0.1, -0.05) is 18.2 Å². The van der Waals surface area contributed by atoms with Crippen LogP contribution in [0.3, 0.4) is 0 Å². The van der Waals surface area contributed by atoms with Crippen LogP contribution in [-0.4, -0.2) is 35.7 Å². The summed E-state index contributed by atoms with van der Waals surface area (Å²) in [6.45, 7) is 3.75. The number of nitrogens with zero attached hydrogens (tertiary/aromatic N) is 1. The molecule has 0 aromatic carbocycles. The van der Waals surface area contributed by atoms with Crippen molar-refractivity contribution in [3.63, 3.8) is 0 Å². The molecule has 0 bridgehead atoms. The van der Waals surface area contributed by atoms with Crippen LogP contribution in [0.25, 0.3) is 0 Å². The van der Waals surface area contributed by atoms with E-state index in [2.05, 4.69) is 11.9 Å². The van der Waals surface area contributed by atoms with E-state index in [-0.39, 0.29) is 50.1 Å². The fourth-order valence-electron chi connectivity index (χ4n) is 1.37. The Morgan fingerprint density at radius 3 is 2.44 bits per heavy atom. The summed E-state index contributed by atoms with van der Waals surface area (Å²) in [6, 6.07) is 0. The molecule has 1 N–H and O–H groups in total. The highest BCUT2D eigenvalue weighted by molar-refractivity contribution is 6.29. The monoisotopic (exact) mass is 244 g/mol. The molecule has 1 fully saturated rings. The molecule has 1 rings (SSSR count). The van der Waals surface area contributed by atoms with Crippen LogP contribution in [-0.2, 0) is 14.4 Å². The second kappa shape index (κ2) is 5.65. The molecule has 0 atom stereocenters. The molecule has 3 amide bonds. The summed E-state index contributed by atoms with van der Waals surface area (Å²) in [4.78, 5) is 34.8. The third-order valence-corrected chi connectivity index (χ3v) is 2.33. The Balaban J connectivity index is 2.28. The Morgan fingerprint density at radius 1 is 1.38 bits per heavy atom. The smallest absolute Gasteiger partial charge is 0.229 e. The Bertz CT molecular complexity index is 325. The highest BCUT2D eigenvalue weighted by Gasteiger charge is 2.28. The zero-order valence-electron chi connectivity index (χ0n) is 8.79. The lowest BCUT2D eigenvalue weighted by molar-refractivity contribution is -0.138. The highest BCUT2D eigenvalue weighted by Crippen LogP contribution is 2.11. The van der Waals surface area contributed by atoms with Crippen LogP contribution in [0.15, 0.2) is 11.6 Å². The number of rotatable bonds is 5. The van der Waals surface area contributed by atoms with Gasteiger partial charge in [-0.05, 0) is 0 Å². The highest BCUT2D eigenvalue weighted by atomic mass is 35.5. The van der Waals surface area contributed by atoms with Gasteiger partial charge in [0.15, 0.2) is 0 Å². The number of halogens is 1. The second-order valence-electron chi connectivity index (χ2n) is 3.48. The normalized spacial score (nSPS) is 15.4. The third-order valence-electron chi connectivity index (χ3n) is 2.19. The van der Waals surface area contributed by atoms with Crippen LogP contribution in [0, 0.1) is 0 Å². The SMILES string of the molecule is C=C(Cl)CNC(=O)CCN1C(=O)CCC1=O. The molecule has 0 aliphatic carbocycles. The van der Waals surface area contributed by atoms with Gasteiger partial charge in [-0.2, -0.15) is 0 Å². The van der Waals surface area contributed by atoms with Gasteiger partial charge in [0, 0.05) is 30.8 Å². The van der Waals surface area contributed by atoms with E-state index in [1.54, 1.807) is 0 Å². The van der Waals surface area contributed by atoms with Gasteiger partial charge in [-0.15, -0.1) is 0 Å². The van der Waals surface area contributed by atoms with Crippen molar-refractivity contribution in [3.05, 3.63) is 11.6 Å². The molecule has 0 spiro atoms. The molecule has 1 aliphatic heterocycles. The lowest BCUT2D eigenvalue weighted by Crippen LogP contribution is -2.34. The maximum atomic E-state index is 11.3. The Hall–Kier alpha value is -1.36. The van der Waals surface area contributed by atoms with E-state index in [9.17, 15) is 14.4 Å². The Labute approximate surface area is 98.4 Å². The summed E-state index contributed by atoms with van der Waals surface area (Å²) < 4.78 is 0. The van der Waals surface area contributed by atoms with Gasteiger partial charge < -0.3 is 5.32 Å². The number of amides is 3. The Kier molecular flexibility index (Phi) is 4.49. The van der Waals surface area contributed by atoms with Gasteiger partial charge in [0.05, 0.1) is 6.54 Å². The van der Waals surface area contributed by atoms with Gasteiger partial charge >= 0.3 is 0 Å². The van der Waals surface area contributed by atoms with Crippen LogP contribution in [0.4, 0.5) is 0 Å². The van der Waals surface area contributed by atoms with Crippen LogP contribution in [0.1, 0.15) is 19.3 Å². The summed E-state index contributed by atoms with van der Waals surface area (Å²) in [5.74, 6) is -0.673. The van der Waals surface area contributed by atoms with Gasteiger partial charge in [0.1, 0.15) is 0 Å². The Morgan fingerprint density at radius 2 is 1.94 bits per heavy atom. The largest absolute Gasteiger partial charge is 0.351 e. The van der Waals surface area contributed by atoms with Crippen molar-refractivity contribution in [2.24, 2.45) is 0 Å². The summed E-state index contributed by atoms with van der Waals surface area (Å²) >= 11 is 5.47. The molecule has 1 saturated heterocycles. The zero-order valence-corrected chi connectivity index (χ0v) is 9.55. The maximum Gasteiger partial charge on any atom is 0.229 e. The number of nitrogens with one attached hydrogen (secondary N) is 1. The van der Waals surface area contributed by atoms with E-state index in [0.717, 1.165) is 4.90 Å². The van der Waals surface area contributed by atoms with E-state index < -0.39 is 0 Å². The summed E-state index contributed by atoms with van der Waals surface area (Å²) in [5.41, 5.74) is 0. The second-order valence-corrected chi connectivity index (χ2v) is 4.02. The molecule has 88 valence electrons. The predicted molar refractivity (Wildman–Crippen MR) is 58.6 cm³/mol. The fourth-order valence-corrected chi connectivity index (χ4v) is 1.44. The molecule has 6 heteroatoms. The van der Waals surface area contributed by atoms with Crippen molar-refractivity contribution in [2.75, 3.05) is 13.1 Å². The molecule has 0 radical (unpaired) electrons. The van der Waals surface area contributed by atoms with E-state index >= 15 is 0 Å². The van der Waals surface area contributed by atoms with Crippen LogP contribution >= 0.6 is 11.6 Å². The van der Waals surface area contributed by atoms with E-state index in [1.807, 2.05) is 0 Å². The molecular weight excluding hydrogens is 232 g/mol. The molecular formula is C10H13ClN2O3. The molecule has 5 nitrogen and oxygen atoms in total. The minimum Gasteiger partial charge on any atom is -0.351 e. The first-order valence-corrected chi connectivity index (χ1v) is 5.31. The lowest BCUT2D eigenvalue weighted by atomic mass is 10.3. The molecule has 0 aromatic heterocycles. The average Bonchev–Trinajstić information content (AvgIpc) is 2.53. The van der Waals surface area contributed by atoms with Crippen molar-refractivity contribution in [2.45, 2.75) is 19.3 Å². The number of likely N-dealkylation sites (tertiary alicyclic amines) is 1. The standard InChI is InChI=1S/C10H13ClN2O3/c1-7(11)6-12-8(14)4-5-13-9(15)2-3-10(13)16/h1-6H2,(H,12,14). The quantitative estimate of drug-likeness (QED) is 0.712. The number of hydrogen-bond donors (Lipinski definition) is 1. The molecule has 16 heavy (non-hydrogen) atoms. The van der Waals surface area contributed by atoms with Crippen molar-refractivity contribution in [1.82, 2.24) is 10.2 Å². The lowest BCUT2D eigenvalue weighted by Gasteiger charge is -2.12. The van der Waals surface area contributed by atoms with Gasteiger partial charge in [0.2, 0.25) is 17.7 Å². The first kappa shape index (κ1) is 12.7. The topological polar surface area (TPSA) is 66.5 Å². The average molecular weight is 245 g/mol. The van der Waals surface area contributed by atoms with Crippen LogP contribution < -0.4 is 5.32 Å². The summed E-state index contributed by atoms with van der Waals surface area (Å²) in [6.07, 6.45) is 0.597. The molecule has 0 aromatic rings. The maximum absolute atomic E-state index is 11.3. The van der Waals surface area contributed by atoms with Crippen molar-refractivity contribution in [3.8, 4) is 0 Å². The summed E-state index contributed by atoms with van der Waals surface area (Å²) in [5, 5.41) is 2.85. The van der Waals surface area contributed by atoms with Crippen molar-refractivity contribution < 1.29 is 14.4 Å². The van der Waals surface area contributed by atoms with E-state index in [4.69, 9.17) is 11.6 Å². The number of carbonyl (C=O) groups excluding carboxylic acids is 3. The van der Waals surface area contributed by atoms with Crippen LogP contribution in [0.5, 0.6) is 0 Å². The molecule has 0 saturated carbocycles. The fraction of sp³-hybridized carbons (Fsp3) is 0.500. The summed E-state index contributed by atoms with van der Waals surface area (Å²) in [7, 11) is 0. The van der Waals surface area contributed by atoms with Crippen LogP contribution in [0.2, 0.25) is 0 Å². The molecule has 1 aliphatic rings. The first-order chi connectivity index (χ1) is 7.50. The zero-order chi connectivity index (χ0) is 12.1. The molecule has 0 unspecified atom stereocenters. The van der Waals surface area contributed by atoms with E-state index in [0.29, 0.717) is 5.03 Å².